The molecule has 0 aliphatic heterocycles. The lowest BCUT2D eigenvalue weighted by Gasteiger charge is -2.12. The lowest BCUT2D eigenvalue weighted by Crippen LogP contribution is -2.19. The van der Waals surface area contributed by atoms with Crippen LogP contribution in [0.2, 0.25) is 0 Å². The van der Waals surface area contributed by atoms with Crippen molar-refractivity contribution in [3.05, 3.63) is 17.5 Å². The Bertz CT molecular complexity index is 363. The first-order chi connectivity index (χ1) is 6.41. The zero-order chi connectivity index (χ0) is 10.8. The van der Waals surface area contributed by atoms with Crippen LogP contribution in [0.15, 0.2) is 15.2 Å². The molecule has 14 heavy (non-hydrogen) atoms. The van der Waals surface area contributed by atoms with Gasteiger partial charge < -0.3 is 4.52 Å². The smallest absolute Gasteiger partial charge is 0.144 e. The highest BCUT2D eigenvalue weighted by Gasteiger charge is 2.18. The van der Waals surface area contributed by atoms with Gasteiger partial charge in [0.05, 0.1) is 22.2 Å². The maximum atomic E-state index is 11.5. The lowest BCUT2D eigenvalue weighted by atomic mass is 10.3. The minimum atomic E-state index is -1.23. The van der Waals surface area contributed by atoms with Crippen molar-refractivity contribution in [1.29, 1.82) is 0 Å². The monoisotopic (exact) mass is 214 g/mol. The van der Waals surface area contributed by atoms with Crippen LogP contribution in [0.5, 0.6) is 0 Å². The van der Waals surface area contributed by atoms with Crippen LogP contribution in [0.1, 0.15) is 32.0 Å². The minimum absolute atomic E-state index is 0.332. The number of aromatic nitrogens is 1. The molecule has 78 valence electrons. The van der Waals surface area contributed by atoms with Crippen LogP contribution in [-0.2, 0) is 11.0 Å². The van der Waals surface area contributed by atoms with Gasteiger partial charge in [-0.15, -0.1) is 0 Å². The van der Waals surface area contributed by atoms with E-state index in [0.717, 1.165) is 11.3 Å². The van der Waals surface area contributed by atoms with E-state index in [0.29, 0.717) is 0 Å². The molecule has 1 aromatic rings. The first-order valence-corrected chi connectivity index (χ1v) is 5.39. The van der Waals surface area contributed by atoms with E-state index in [1.807, 2.05) is 27.7 Å². The van der Waals surface area contributed by atoms with Gasteiger partial charge in [-0.1, -0.05) is 5.16 Å². The summed E-state index contributed by atoms with van der Waals surface area (Å²) in [6.45, 7) is 7.44. The van der Waals surface area contributed by atoms with Crippen molar-refractivity contribution in [2.75, 3.05) is 0 Å². The zero-order valence-electron chi connectivity index (χ0n) is 8.77. The molecule has 0 aliphatic carbocycles. The molecule has 0 amide bonds. The minimum Gasteiger partial charge on any atom is -0.364 e. The number of hydrogen-bond acceptors (Lipinski definition) is 3. The molecule has 0 N–H and O–H groups in total. The summed E-state index contributed by atoms with van der Waals surface area (Å²) < 4.78 is 19.9. The third kappa shape index (κ3) is 2.77. The van der Waals surface area contributed by atoms with Crippen LogP contribution in [-0.4, -0.2) is 20.3 Å². The molecule has 0 spiro atoms. The highest BCUT2D eigenvalue weighted by Crippen LogP contribution is 2.12. The Morgan fingerprint density at radius 2 is 2.21 bits per heavy atom. The molecule has 4 nitrogen and oxygen atoms in total. The van der Waals surface area contributed by atoms with Crippen LogP contribution in [0.25, 0.3) is 0 Å². The summed E-state index contributed by atoms with van der Waals surface area (Å²) in [4.78, 5) is 0. The van der Waals surface area contributed by atoms with Gasteiger partial charge in [0.15, 0.2) is 0 Å². The van der Waals surface area contributed by atoms with Crippen molar-refractivity contribution in [3.63, 3.8) is 0 Å². The van der Waals surface area contributed by atoms with Crippen molar-refractivity contribution in [3.8, 4) is 0 Å². The van der Waals surface area contributed by atoms with E-state index >= 15 is 0 Å². The average Bonchev–Trinajstić information content (AvgIpc) is 2.45. The van der Waals surface area contributed by atoms with E-state index in [1.54, 1.807) is 0 Å². The summed E-state index contributed by atoms with van der Waals surface area (Å²) in [6.07, 6.45) is 3.02. The molecule has 1 aromatic heterocycles. The quantitative estimate of drug-likeness (QED) is 0.706. The van der Waals surface area contributed by atoms with Crippen molar-refractivity contribution in [1.82, 2.24) is 5.16 Å². The van der Waals surface area contributed by atoms with E-state index in [-0.39, 0.29) is 4.75 Å². The van der Waals surface area contributed by atoms with Crippen LogP contribution in [0.3, 0.4) is 0 Å². The first-order valence-electron chi connectivity index (χ1n) is 4.28. The second kappa shape index (κ2) is 4.04. The largest absolute Gasteiger partial charge is 0.364 e. The van der Waals surface area contributed by atoms with Gasteiger partial charge in [-0.2, -0.15) is 4.40 Å². The highest BCUT2D eigenvalue weighted by molar-refractivity contribution is 7.85. The van der Waals surface area contributed by atoms with Gasteiger partial charge in [-0.3, -0.25) is 0 Å². The Balaban J connectivity index is 2.75. The van der Waals surface area contributed by atoms with E-state index in [4.69, 9.17) is 4.52 Å². The van der Waals surface area contributed by atoms with Crippen LogP contribution < -0.4 is 0 Å². The maximum absolute atomic E-state index is 11.5. The van der Waals surface area contributed by atoms with Gasteiger partial charge in [-0.25, -0.2) is 4.21 Å². The topological polar surface area (TPSA) is 55.5 Å². The summed E-state index contributed by atoms with van der Waals surface area (Å²) in [5.41, 5.74) is 1.52. The van der Waals surface area contributed by atoms with Crippen molar-refractivity contribution >= 4 is 17.2 Å². The average molecular weight is 214 g/mol. The Morgan fingerprint density at radius 3 is 2.64 bits per heavy atom. The third-order valence-corrected chi connectivity index (χ3v) is 2.94. The van der Waals surface area contributed by atoms with Crippen LogP contribution in [0, 0.1) is 6.92 Å². The van der Waals surface area contributed by atoms with E-state index < -0.39 is 11.0 Å². The summed E-state index contributed by atoms with van der Waals surface area (Å²) in [6, 6.07) is 0. The fourth-order valence-electron chi connectivity index (χ4n) is 0.687. The summed E-state index contributed by atoms with van der Waals surface area (Å²) in [7, 11) is -1.23. The Labute approximate surface area is 86.0 Å². The molecule has 0 radical (unpaired) electrons. The SMILES string of the molecule is Cc1nocc1C=NS(=O)C(C)(C)C. The molecule has 0 saturated heterocycles. The normalized spacial score (nSPS) is 14.9. The van der Waals surface area contributed by atoms with Gasteiger partial charge in [-0.05, 0) is 27.7 Å². The summed E-state index contributed by atoms with van der Waals surface area (Å²) >= 11 is 0. The zero-order valence-corrected chi connectivity index (χ0v) is 9.59. The van der Waals surface area contributed by atoms with Crippen LogP contribution in [0.4, 0.5) is 0 Å². The summed E-state index contributed by atoms with van der Waals surface area (Å²) in [5.74, 6) is 0. The molecular weight excluding hydrogens is 200 g/mol. The van der Waals surface area contributed by atoms with E-state index in [1.165, 1.54) is 12.5 Å². The Kier molecular flexibility index (Phi) is 3.21. The highest BCUT2D eigenvalue weighted by atomic mass is 32.2. The summed E-state index contributed by atoms with van der Waals surface area (Å²) in [5, 5.41) is 3.69. The maximum Gasteiger partial charge on any atom is 0.144 e. The van der Waals surface area contributed by atoms with Crippen molar-refractivity contribution in [2.24, 2.45) is 4.40 Å². The second-order valence-corrected chi connectivity index (χ2v) is 5.89. The van der Waals surface area contributed by atoms with Gasteiger partial charge in [0.2, 0.25) is 0 Å². The Morgan fingerprint density at radius 1 is 1.57 bits per heavy atom. The molecule has 0 bridgehead atoms. The first kappa shape index (κ1) is 11.1. The van der Waals surface area contributed by atoms with Gasteiger partial charge in [0.25, 0.3) is 0 Å². The van der Waals surface area contributed by atoms with Gasteiger partial charge in [0, 0.05) is 0 Å². The third-order valence-electron chi connectivity index (χ3n) is 1.60. The molecule has 0 saturated carbocycles. The number of hydrogen-bond donors (Lipinski definition) is 0. The molecule has 0 aromatic carbocycles. The van der Waals surface area contributed by atoms with E-state index in [2.05, 4.69) is 9.55 Å². The molecule has 0 fully saturated rings. The molecule has 1 atom stereocenters. The Hall–Kier alpha value is -0.970. The number of aryl methyl sites for hydroxylation is 1. The fourth-order valence-corrected chi connectivity index (χ4v) is 1.21. The second-order valence-electron chi connectivity index (χ2n) is 3.95. The standard InChI is InChI=1S/C9H14N2O2S/c1-7-8(6-13-11-7)5-10-14(12)9(2,3)4/h5-6H,1-4H3. The van der Waals surface area contributed by atoms with Gasteiger partial charge >= 0.3 is 0 Å². The molecule has 1 heterocycles. The van der Waals surface area contributed by atoms with Crippen molar-refractivity contribution in [2.45, 2.75) is 32.4 Å². The molecule has 0 aliphatic rings. The molecule has 1 rings (SSSR count). The van der Waals surface area contributed by atoms with Crippen LogP contribution >= 0.6 is 0 Å². The fraction of sp³-hybridized carbons (Fsp3) is 0.556. The van der Waals surface area contributed by atoms with Gasteiger partial charge in [0.1, 0.15) is 17.2 Å². The predicted octanol–water partition coefficient (Wildman–Crippen LogP) is 1.86. The molecular formula is C9H14N2O2S. The molecule has 5 heteroatoms. The van der Waals surface area contributed by atoms with E-state index in [9.17, 15) is 4.21 Å². The van der Waals surface area contributed by atoms with Crippen molar-refractivity contribution < 1.29 is 8.73 Å². The molecule has 1 unspecified atom stereocenters. The number of nitrogens with zero attached hydrogens (tertiary/aromatic N) is 2. The number of rotatable bonds is 2. The predicted molar refractivity (Wildman–Crippen MR) is 56.7 cm³/mol. The lowest BCUT2D eigenvalue weighted by molar-refractivity contribution is 0.415.